The number of rotatable bonds is 1. The first-order valence-electron chi connectivity index (χ1n) is 4.04. The Morgan fingerprint density at radius 2 is 2.00 bits per heavy atom. The maximum Gasteiger partial charge on any atom is 0.319 e. The largest absolute Gasteiger partial charge is 0.319 e. The summed E-state index contributed by atoms with van der Waals surface area (Å²) < 4.78 is 25.8. The predicted octanol–water partition coefficient (Wildman–Crippen LogP) is 3.34. The molecule has 2 aromatic rings. The monoisotopic (exact) mass is 181 g/mol. The van der Waals surface area contributed by atoms with Crippen molar-refractivity contribution in [1.29, 1.82) is 0 Å². The first-order valence-corrected chi connectivity index (χ1v) is 4.04. The van der Waals surface area contributed by atoms with Crippen LogP contribution in [0, 0.1) is 6.92 Å². The van der Waals surface area contributed by atoms with E-state index in [-0.39, 0.29) is 0 Å². The van der Waals surface area contributed by atoms with Crippen molar-refractivity contribution < 1.29 is 8.78 Å². The molecule has 0 aliphatic heterocycles. The highest BCUT2D eigenvalue weighted by Gasteiger charge is 2.09. The van der Waals surface area contributed by atoms with Gasteiger partial charge in [-0.25, -0.2) is 0 Å². The Morgan fingerprint density at radius 1 is 1.23 bits per heavy atom. The number of aryl methyl sites for hydroxylation is 1. The lowest BCUT2D eigenvalue weighted by Gasteiger charge is -2.03. The van der Waals surface area contributed by atoms with E-state index in [2.05, 4.69) is 0 Å². The average Bonchev–Trinajstić information content (AvgIpc) is 2.48. The molecule has 0 radical (unpaired) electrons. The lowest BCUT2D eigenvalue weighted by atomic mass is 10.1. The van der Waals surface area contributed by atoms with Crippen LogP contribution < -0.4 is 0 Å². The Hall–Kier alpha value is -1.38. The molecule has 1 nitrogen and oxygen atoms in total. The van der Waals surface area contributed by atoms with Gasteiger partial charge in [0.25, 0.3) is 0 Å². The number of halogens is 2. The summed E-state index contributed by atoms with van der Waals surface area (Å²) in [6.45, 7) is -0.544. The zero-order valence-corrected chi connectivity index (χ0v) is 7.17. The molecule has 1 aromatic heterocycles. The van der Waals surface area contributed by atoms with Crippen LogP contribution in [0.3, 0.4) is 0 Å². The third-order valence-corrected chi connectivity index (χ3v) is 2.19. The van der Waals surface area contributed by atoms with E-state index in [0.717, 1.165) is 15.5 Å². The molecule has 0 fully saturated rings. The summed E-state index contributed by atoms with van der Waals surface area (Å²) in [5.74, 6) is 0. The van der Waals surface area contributed by atoms with E-state index in [1.165, 1.54) is 6.20 Å². The third-order valence-electron chi connectivity index (χ3n) is 2.19. The first-order chi connectivity index (χ1) is 6.20. The zero-order valence-electron chi connectivity index (χ0n) is 7.17. The topological polar surface area (TPSA) is 4.93 Å². The van der Waals surface area contributed by atoms with Crippen LogP contribution in [0.15, 0.2) is 30.5 Å². The van der Waals surface area contributed by atoms with E-state index < -0.39 is 6.55 Å². The molecule has 0 atom stereocenters. The van der Waals surface area contributed by atoms with Gasteiger partial charge in [-0.2, -0.15) is 8.78 Å². The van der Waals surface area contributed by atoms with Crippen molar-refractivity contribution in [2.45, 2.75) is 13.5 Å². The van der Waals surface area contributed by atoms with Gasteiger partial charge in [0.05, 0.1) is 5.52 Å². The minimum atomic E-state index is -2.46. The van der Waals surface area contributed by atoms with Crippen LogP contribution in [0.5, 0.6) is 0 Å². The van der Waals surface area contributed by atoms with Gasteiger partial charge in [0, 0.05) is 11.6 Å². The van der Waals surface area contributed by atoms with E-state index in [1.807, 2.05) is 13.0 Å². The van der Waals surface area contributed by atoms with Crippen molar-refractivity contribution >= 4 is 10.9 Å². The van der Waals surface area contributed by atoms with Crippen molar-refractivity contribution in [2.75, 3.05) is 0 Å². The molecule has 0 spiro atoms. The van der Waals surface area contributed by atoms with E-state index >= 15 is 0 Å². The minimum absolute atomic E-state index is 0.593. The van der Waals surface area contributed by atoms with Crippen LogP contribution in [0.4, 0.5) is 8.78 Å². The number of fused-ring (bicyclic) bond motifs is 1. The second-order valence-corrected chi connectivity index (χ2v) is 3.01. The van der Waals surface area contributed by atoms with Crippen molar-refractivity contribution in [1.82, 2.24) is 4.57 Å². The Bertz CT molecular complexity index is 431. The summed E-state index contributed by atoms with van der Waals surface area (Å²) in [4.78, 5) is 0. The maximum absolute atomic E-state index is 12.4. The molecule has 2 rings (SSSR count). The third kappa shape index (κ3) is 1.20. The van der Waals surface area contributed by atoms with Gasteiger partial charge in [-0.05, 0) is 24.6 Å². The van der Waals surface area contributed by atoms with Crippen LogP contribution in [0.1, 0.15) is 12.1 Å². The summed E-state index contributed by atoms with van der Waals surface area (Å²) in [5, 5.41) is 0.891. The molecule has 1 aromatic carbocycles. The Balaban J connectivity index is 2.75. The second-order valence-electron chi connectivity index (χ2n) is 3.01. The molecule has 0 amide bonds. The Kier molecular flexibility index (Phi) is 1.79. The molecular weight excluding hydrogens is 172 g/mol. The van der Waals surface area contributed by atoms with Crippen molar-refractivity contribution in [3.8, 4) is 0 Å². The fourth-order valence-corrected chi connectivity index (χ4v) is 1.51. The van der Waals surface area contributed by atoms with Crippen LogP contribution >= 0.6 is 0 Å². The molecular formula is C10H9F2N. The normalized spacial score (nSPS) is 11.4. The molecule has 0 saturated carbocycles. The smallest absolute Gasteiger partial charge is 0.291 e. The van der Waals surface area contributed by atoms with Crippen molar-refractivity contribution in [2.24, 2.45) is 0 Å². The molecule has 13 heavy (non-hydrogen) atoms. The lowest BCUT2D eigenvalue weighted by Crippen LogP contribution is -1.94. The standard InChI is InChI=1S/C10H9F2N/c1-7-3-2-4-9-8(7)5-6-13(9)10(11)12/h2-6,10H,1H3. The number of hydrogen-bond acceptors (Lipinski definition) is 0. The van der Waals surface area contributed by atoms with Crippen LogP contribution in [0.25, 0.3) is 10.9 Å². The summed E-state index contributed by atoms with van der Waals surface area (Å²) in [6, 6.07) is 7.13. The molecule has 0 N–H and O–H groups in total. The molecule has 0 saturated heterocycles. The van der Waals surface area contributed by atoms with Gasteiger partial charge >= 0.3 is 6.55 Å². The second kappa shape index (κ2) is 2.83. The quantitative estimate of drug-likeness (QED) is 0.635. The molecule has 0 bridgehead atoms. The van der Waals surface area contributed by atoms with E-state index in [1.54, 1.807) is 18.2 Å². The Labute approximate surface area is 74.6 Å². The van der Waals surface area contributed by atoms with Crippen LogP contribution in [-0.4, -0.2) is 4.57 Å². The SMILES string of the molecule is Cc1cccc2c1ccn2C(F)F. The van der Waals surface area contributed by atoms with Gasteiger partial charge in [-0.1, -0.05) is 12.1 Å². The highest BCUT2D eigenvalue weighted by Crippen LogP contribution is 2.23. The number of hydrogen-bond donors (Lipinski definition) is 0. The maximum atomic E-state index is 12.4. The van der Waals surface area contributed by atoms with Gasteiger partial charge in [0.1, 0.15) is 0 Å². The summed E-state index contributed by atoms with van der Waals surface area (Å²) in [7, 11) is 0. The van der Waals surface area contributed by atoms with Crippen molar-refractivity contribution in [3.05, 3.63) is 36.0 Å². The van der Waals surface area contributed by atoms with Gasteiger partial charge in [0.2, 0.25) is 0 Å². The molecule has 3 heteroatoms. The number of aromatic nitrogens is 1. The van der Waals surface area contributed by atoms with Crippen molar-refractivity contribution in [3.63, 3.8) is 0 Å². The van der Waals surface area contributed by atoms with E-state index in [4.69, 9.17) is 0 Å². The van der Waals surface area contributed by atoms with Crippen LogP contribution in [-0.2, 0) is 0 Å². The number of benzene rings is 1. The fourth-order valence-electron chi connectivity index (χ4n) is 1.51. The zero-order chi connectivity index (χ0) is 9.42. The number of alkyl halides is 2. The van der Waals surface area contributed by atoms with E-state index in [0.29, 0.717) is 5.52 Å². The minimum Gasteiger partial charge on any atom is -0.291 e. The average molecular weight is 181 g/mol. The highest BCUT2D eigenvalue weighted by molar-refractivity contribution is 5.83. The van der Waals surface area contributed by atoms with Gasteiger partial charge < -0.3 is 0 Å². The van der Waals surface area contributed by atoms with Crippen LogP contribution in [0.2, 0.25) is 0 Å². The molecule has 0 aliphatic carbocycles. The first kappa shape index (κ1) is 8.23. The lowest BCUT2D eigenvalue weighted by molar-refractivity contribution is 0.0752. The molecule has 1 heterocycles. The summed E-state index contributed by atoms with van der Waals surface area (Å²) in [6.07, 6.45) is 1.42. The van der Waals surface area contributed by atoms with Gasteiger partial charge in [-0.15, -0.1) is 0 Å². The van der Waals surface area contributed by atoms with Gasteiger partial charge in [-0.3, -0.25) is 4.57 Å². The Morgan fingerprint density at radius 3 is 2.69 bits per heavy atom. The molecule has 68 valence electrons. The van der Waals surface area contributed by atoms with Gasteiger partial charge in [0.15, 0.2) is 0 Å². The summed E-state index contributed by atoms with van der Waals surface area (Å²) in [5.41, 5.74) is 1.62. The fraction of sp³-hybridized carbons (Fsp3) is 0.200. The highest BCUT2D eigenvalue weighted by atomic mass is 19.3. The van der Waals surface area contributed by atoms with E-state index in [9.17, 15) is 8.78 Å². The number of nitrogens with zero attached hydrogens (tertiary/aromatic N) is 1. The molecule has 0 aliphatic rings. The summed E-state index contributed by atoms with van der Waals surface area (Å²) >= 11 is 0. The predicted molar refractivity (Wildman–Crippen MR) is 47.9 cm³/mol. The molecule has 0 unspecified atom stereocenters.